The van der Waals surface area contributed by atoms with Gasteiger partial charge in [-0.3, -0.25) is 9.59 Å². The van der Waals surface area contributed by atoms with E-state index in [4.69, 9.17) is 0 Å². The number of fused-ring (bicyclic) bond motifs is 4. The molecule has 2 heterocycles. The first-order chi connectivity index (χ1) is 13.4. The molecule has 0 fully saturated rings. The molecule has 5 aromatic rings. The zero-order valence-electron chi connectivity index (χ0n) is 16.3. The number of aryl methyl sites for hydroxylation is 4. The van der Waals surface area contributed by atoms with Crippen LogP contribution in [0.15, 0.2) is 46.0 Å². The average molecular weight is 368 g/mol. The predicted octanol–water partition coefficient (Wildman–Crippen LogP) is 4.91. The lowest BCUT2D eigenvalue weighted by atomic mass is 9.99. The summed E-state index contributed by atoms with van der Waals surface area (Å²) in [7, 11) is 0. The molecule has 3 aromatic carbocycles. The van der Waals surface area contributed by atoms with Crippen LogP contribution in [0.3, 0.4) is 0 Å². The highest BCUT2D eigenvalue weighted by Gasteiger charge is 2.14. The molecule has 0 saturated carbocycles. The molecule has 4 heteroatoms. The maximum Gasteiger partial charge on any atom is 0.197 e. The second-order valence-electron chi connectivity index (χ2n) is 7.71. The standard InChI is InChI=1S/C24H20N2O2/c1-11-5-7-17-21(13(11)3)23(27)15-9-20-16(10-19(15)25-17)24(28)22-14(4)12(2)6-8-18(22)26-20/h5-10H,1-4H3,(H,25,27)(H,26,28). The van der Waals surface area contributed by atoms with Gasteiger partial charge in [0.2, 0.25) is 0 Å². The van der Waals surface area contributed by atoms with Gasteiger partial charge in [-0.15, -0.1) is 0 Å². The second kappa shape index (κ2) is 5.55. The number of nitrogens with one attached hydrogen (secondary N) is 2. The second-order valence-corrected chi connectivity index (χ2v) is 7.71. The third-order valence-electron chi connectivity index (χ3n) is 6.11. The first-order valence-corrected chi connectivity index (χ1v) is 9.38. The SMILES string of the molecule is Cc1ccc2[nH]c3cc4c(=O)c5c(C)c(C)ccc5[nH]c4cc3c(=O)c2c1C. The van der Waals surface area contributed by atoms with Gasteiger partial charge in [0.05, 0.1) is 22.1 Å². The predicted molar refractivity (Wildman–Crippen MR) is 117 cm³/mol. The summed E-state index contributed by atoms with van der Waals surface area (Å²) >= 11 is 0. The Hall–Kier alpha value is -3.40. The van der Waals surface area contributed by atoms with Gasteiger partial charge in [-0.05, 0) is 74.2 Å². The van der Waals surface area contributed by atoms with Gasteiger partial charge in [0.25, 0.3) is 0 Å². The molecular weight excluding hydrogens is 348 g/mol. The van der Waals surface area contributed by atoms with E-state index in [1.807, 2.05) is 52.0 Å². The van der Waals surface area contributed by atoms with Gasteiger partial charge in [0, 0.05) is 21.5 Å². The molecule has 0 amide bonds. The summed E-state index contributed by atoms with van der Waals surface area (Å²) in [6.07, 6.45) is 0. The van der Waals surface area contributed by atoms with E-state index in [2.05, 4.69) is 9.97 Å². The Kier molecular flexibility index (Phi) is 3.32. The van der Waals surface area contributed by atoms with Crippen molar-refractivity contribution < 1.29 is 0 Å². The summed E-state index contributed by atoms with van der Waals surface area (Å²) in [6, 6.07) is 11.5. The Morgan fingerprint density at radius 3 is 1.36 bits per heavy atom. The average Bonchev–Trinajstić information content (AvgIpc) is 2.67. The van der Waals surface area contributed by atoms with Crippen molar-refractivity contribution in [3.05, 3.63) is 79.1 Å². The van der Waals surface area contributed by atoms with Gasteiger partial charge in [-0.25, -0.2) is 0 Å². The van der Waals surface area contributed by atoms with E-state index in [-0.39, 0.29) is 10.9 Å². The van der Waals surface area contributed by atoms with E-state index in [0.717, 1.165) is 33.3 Å². The number of aromatic amines is 2. The van der Waals surface area contributed by atoms with Gasteiger partial charge in [-0.1, -0.05) is 12.1 Å². The summed E-state index contributed by atoms with van der Waals surface area (Å²) in [5.41, 5.74) is 7.09. The number of rotatable bonds is 0. The molecular formula is C24H20N2O2. The Morgan fingerprint density at radius 2 is 0.964 bits per heavy atom. The third kappa shape index (κ3) is 2.12. The van der Waals surface area contributed by atoms with E-state index < -0.39 is 0 Å². The minimum Gasteiger partial charge on any atom is -0.354 e. The normalized spacial score (nSPS) is 11.9. The molecule has 0 atom stereocenters. The van der Waals surface area contributed by atoms with Crippen molar-refractivity contribution in [3.8, 4) is 0 Å². The number of benzene rings is 3. The van der Waals surface area contributed by atoms with Gasteiger partial charge in [0.1, 0.15) is 0 Å². The van der Waals surface area contributed by atoms with Crippen molar-refractivity contribution in [3.63, 3.8) is 0 Å². The number of hydrogen-bond donors (Lipinski definition) is 2. The monoisotopic (exact) mass is 368 g/mol. The van der Waals surface area contributed by atoms with Crippen molar-refractivity contribution >= 4 is 43.6 Å². The van der Waals surface area contributed by atoms with Crippen LogP contribution in [0.5, 0.6) is 0 Å². The van der Waals surface area contributed by atoms with Crippen LogP contribution >= 0.6 is 0 Å². The molecule has 0 saturated heterocycles. The summed E-state index contributed by atoms with van der Waals surface area (Å²) in [6.45, 7) is 7.96. The fourth-order valence-electron chi connectivity index (χ4n) is 4.17. The Morgan fingerprint density at radius 1 is 0.571 bits per heavy atom. The molecule has 0 unspecified atom stereocenters. The number of aromatic nitrogens is 2. The van der Waals surface area contributed by atoms with Gasteiger partial charge in [0.15, 0.2) is 10.9 Å². The van der Waals surface area contributed by atoms with Crippen LogP contribution in [0.4, 0.5) is 0 Å². The lowest BCUT2D eigenvalue weighted by molar-refractivity contribution is 1.35. The number of H-pyrrole nitrogens is 2. The van der Waals surface area contributed by atoms with Crippen LogP contribution in [0.1, 0.15) is 22.3 Å². The third-order valence-corrected chi connectivity index (χ3v) is 6.11. The lowest BCUT2D eigenvalue weighted by Crippen LogP contribution is -2.10. The zero-order valence-corrected chi connectivity index (χ0v) is 16.3. The van der Waals surface area contributed by atoms with Crippen LogP contribution in [0, 0.1) is 27.7 Å². The van der Waals surface area contributed by atoms with E-state index in [0.29, 0.717) is 32.6 Å². The van der Waals surface area contributed by atoms with Crippen molar-refractivity contribution in [2.75, 3.05) is 0 Å². The molecule has 0 aliphatic carbocycles. The molecule has 2 N–H and O–H groups in total. The molecule has 0 aliphatic heterocycles. The molecule has 0 radical (unpaired) electrons. The smallest absolute Gasteiger partial charge is 0.197 e. The summed E-state index contributed by atoms with van der Waals surface area (Å²) < 4.78 is 0. The van der Waals surface area contributed by atoms with Crippen LogP contribution in [-0.2, 0) is 0 Å². The Labute approximate surface area is 160 Å². The van der Waals surface area contributed by atoms with Crippen LogP contribution in [-0.4, -0.2) is 9.97 Å². The molecule has 4 nitrogen and oxygen atoms in total. The largest absolute Gasteiger partial charge is 0.354 e. The van der Waals surface area contributed by atoms with Crippen molar-refractivity contribution in [1.82, 2.24) is 9.97 Å². The maximum absolute atomic E-state index is 13.2. The fraction of sp³-hybridized carbons (Fsp3) is 0.167. The highest BCUT2D eigenvalue weighted by molar-refractivity contribution is 6.03. The first-order valence-electron chi connectivity index (χ1n) is 9.38. The highest BCUT2D eigenvalue weighted by atomic mass is 16.1. The van der Waals surface area contributed by atoms with Crippen LogP contribution in [0.2, 0.25) is 0 Å². The van der Waals surface area contributed by atoms with Gasteiger partial charge >= 0.3 is 0 Å². The van der Waals surface area contributed by atoms with E-state index >= 15 is 0 Å². The van der Waals surface area contributed by atoms with Crippen molar-refractivity contribution in [2.45, 2.75) is 27.7 Å². The maximum atomic E-state index is 13.2. The molecule has 0 bridgehead atoms. The zero-order chi connectivity index (χ0) is 19.7. The molecule has 5 rings (SSSR count). The summed E-state index contributed by atoms with van der Waals surface area (Å²) in [4.78, 5) is 33.2. The van der Waals surface area contributed by atoms with Gasteiger partial charge < -0.3 is 9.97 Å². The van der Waals surface area contributed by atoms with Crippen molar-refractivity contribution in [2.24, 2.45) is 0 Å². The van der Waals surface area contributed by atoms with Gasteiger partial charge in [-0.2, -0.15) is 0 Å². The Balaban J connectivity index is 2.02. The topological polar surface area (TPSA) is 65.7 Å². The quantitative estimate of drug-likeness (QED) is 0.381. The number of hydrogen-bond acceptors (Lipinski definition) is 2. The summed E-state index contributed by atoms with van der Waals surface area (Å²) in [5, 5.41) is 2.60. The van der Waals surface area contributed by atoms with Crippen molar-refractivity contribution in [1.29, 1.82) is 0 Å². The Bertz CT molecular complexity index is 1470. The lowest BCUT2D eigenvalue weighted by Gasteiger charge is -2.10. The van der Waals surface area contributed by atoms with E-state index in [9.17, 15) is 9.59 Å². The molecule has 2 aromatic heterocycles. The molecule has 0 spiro atoms. The van der Waals surface area contributed by atoms with Crippen LogP contribution in [0.25, 0.3) is 43.6 Å². The summed E-state index contributed by atoms with van der Waals surface area (Å²) in [5.74, 6) is 0. The van der Waals surface area contributed by atoms with E-state index in [1.165, 1.54) is 0 Å². The van der Waals surface area contributed by atoms with Crippen LogP contribution < -0.4 is 10.9 Å². The first kappa shape index (κ1) is 16.8. The molecule has 138 valence electrons. The molecule has 28 heavy (non-hydrogen) atoms. The minimum absolute atomic E-state index is 0.00659. The molecule has 0 aliphatic rings. The number of pyridine rings is 2. The minimum atomic E-state index is -0.00659. The fourth-order valence-corrected chi connectivity index (χ4v) is 4.17. The van der Waals surface area contributed by atoms with E-state index in [1.54, 1.807) is 12.1 Å². The highest BCUT2D eigenvalue weighted by Crippen LogP contribution is 2.25.